The molecule has 0 bridgehead atoms. The van der Waals surface area contributed by atoms with Crippen LogP contribution in [0.2, 0.25) is 0 Å². The van der Waals surface area contributed by atoms with Crippen LogP contribution >= 0.6 is 22.6 Å². The molecule has 0 spiro atoms. The SMILES string of the molecule is Cc1ccc(F)cc1-c1nc(N)c(I)c(CC(C)C)n1. The van der Waals surface area contributed by atoms with E-state index in [1.807, 2.05) is 6.92 Å². The molecule has 1 heterocycles. The van der Waals surface area contributed by atoms with Crippen LogP contribution in [0.4, 0.5) is 10.2 Å². The Morgan fingerprint density at radius 1 is 1.30 bits per heavy atom. The number of benzene rings is 1. The first kappa shape index (κ1) is 15.2. The molecule has 0 saturated carbocycles. The first-order valence-electron chi connectivity index (χ1n) is 6.47. The second-order valence-corrected chi connectivity index (χ2v) is 6.33. The van der Waals surface area contributed by atoms with Crippen LogP contribution in [0.25, 0.3) is 11.4 Å². The molecule has 20 heavy (non-hydrogen) atoms. The van der Waals surface area contributed by atoms with Crippen LogP contribution in [0, 0.1) is 22.2 Å². The van der Waals surface area contributed by atoms with Crippen LogP contribution in [-0.2, 0) is 6.42 Å². The van der Waals surface area contributed by atoms with Crippen molar-refractivity contribution < 1.29 is 4.39 Å². The van der Waals surface area contributed by atoms with Crippen LogP contribution in [0.5, 0.6) is 0 Å². The van der Waals surface area contributed by atoms with Crippen LogP contribution in [-0.4, -0.2) is 9.97 Å². The molecular weight excluding hydrogens is 368 g/mol. The zero-order chi connectivity index (χ0) is 14.9. The van der Waals surface area contributed by atoms with Crippen molar-refractivity contribution in [3.63, 3.8) is 0 Å². The summed E-state index contributed by atoms with van der Waals surface area (Å²) in [6.45, 7) is 6.16. The molecule has 0 saturated heterocycles. The molecular formula is C15H17FIN3. The van der Waals surface area contributed by atoms with E-state index in [1.54, 1.807) is 6.07 Å². The van der Waals surface area contributed by atoms with Crippen molar-refractivity contribution in [1.82, 2.24) is 9.97 Å². The highest BCUT2D eigenvalue weighted by Crippen LogP contribution is 2.26. The maximum absolute atomic E-state index is 13.4. The fourth-order valence-corrected chi connectivity index (χ4v) is 2.45. The van der Waals surface area contributed by atoms with Crippen LogP contribution in [0.3, 0.4) is 0 Å². The maximum atomic E-state index is 13.4. The number of nitrogen functional groups attached to an aromatic ring is 1. The standard InChI is InChI=1S/C15H17FIN3/c1-8(2)6-12-13(17)14(18)20-15(19-12)11-7-10(16)5-4-9(11)3/h4-5,7-8H,6H2,1-3H3,(H2,18,19,20). The molecule has 3 nitrogen and oxygen atoms in total. The molecule has 2 aromatic rings. The van der Waals surface area contributed by atoms with Crippen LogP contribution < -0.4 is 5.73 Å². The highest BCUT2D eigenvalue weighted by molar-refractivity contribution is 14.1. The number of rotatable bonds is 3. The molecule has 0 aliphatic rings. The summed E-state index contributed by atoms with van der Waals surface area (Å²) in [5.74, 6) is 1.13. The van der Waals surface area contributed by atoms with Gasteiger partial charge in [-0.2, -0.15) is 0 Å². The Bertz CT molecular complexity index is 641. The van der Waals surface area contributed by atoms with Crippen LogP contribution in [0.15, 0.2) is 18.2 Å². The van der Waals surface area contributed by atoms with E-state index in [0.29, 0.717) is 23.1 Å². The molecule has 0 unspecified atom stereocenters. The molecule has 5 heteroatoms. The van der Waals surface area contributed by atoms with E-state index in [4.69, 9.17) is 5.73 Å². The summed E-state index contributed by atoms with van der Waals surface area (Å²) in [6.07, 6.45) is 0.826. The largest absolute Gasteiger partial charge is 0.383 e. The van der Waals surface area contributed by atoms with Gasteiger partial charge >= 0.3 is 0 Å². The number of aromatic nitrogens is 2. The summed E-state index contributed by atoms with van der Waals surface area (Å²) in [5.41, 5.74) is 8.52. The Balaban J connectivity index is 2.57. The smallest absolute Gasteiger partial charge is 0.162 e. The number of nitrogens with two attached hydrogens (primary N) is 1. The van der Waals surface area contributed by atoms with E-state index in [9.17, 15) is 4.39 Å². The van der Waals surface area contributed by atoms with E-state index >= 15 is 0 Å². The fraction of sp³-hybridized carbons (Fsp3) is 0.333. The zero-order valence-electron chi connectivity index (χ0n) is 11.7. The molecule has 0 amide bonds. The quantitative estimate of drug-likeness (QED) is 0.814. The van der Waals surface area contributed by atoms with E-state index in [1.165, 1.54) is 12.1 Å². The molecule has 0 atom stereocenters. The maximum Gasteiger partial charge on any atom is 0.162 e. The van der Waals surface area contributed by atoms with Gasteiger partial charge in [-0.3, -0.25) is 0 Å². The van der Waals surface area contributed by atoms with Gasteiger partial charge in [-0.25, -0.2) is 14.4 Å². The number of hydrogen-bond donors (Lipinski definition) is 1. The first-order valence-corrected chi connectivity index (χ1v) is 7.54. The lowest BCUT2D eigenvalue weighted by Crippen LogP contribution is -2.08. The summed E-state index contributed by atoms with van der Waals surface area (Å²) in [4.78, 5) is 8.89. The number of hydrogen-bond acceptors (Lipinski definition) is 3. The molecule has 0 fully saturated rings. The topological polar surface area (TPSA) is 51.8 Å². The van der Waals surface area contributed by atoms with Gasteiger partial charge in [0.1, 0.15) is 11.6 Å². The highest BCUT2D eigenvalue weighted by Gasteiger charge is 2.14. The Hall–Kier alpha value is -1.24. The van der Waals surface area contributed by atoms with Crippen molar-refractivity contribution >= 4 is 28.4 Å². The summed E-state index contributed by atoms with van der Waals surface area (Å²) < 4.78 is 14.3. The summed E-state index contributed by atoms with van der Waals surface area (Å²) in [5, 5.41) is 0. The minimum atomic E-state index is -0.295. The van der Waals surface area contributed by atoms with E-state index in [0.717, 1.165) is 21.2 Å². The van der Waals surface area contributed by atoms with Gasteiger partial charge in [0.05, 0.1) is 9.26 Å². The lowest BCUT2D eigenvalue weighted by atomic mass is 10.1. The van der Waals surface area contributed by atoms with Gasteiger partial charge in [-0.15, -0.1) is 0 Å². The third-order valence-corrected chi connectivity index (χ3v) is 4.16. The van der Waals surface area contributed by atoms with Crippen molar-refractivity contribution in [3.8, 4) is 11.4 Å². The fourth-order valence-electron chi connectivity index (χ4n) is 1.99. The van der Waals surface area contributed by atoms with Gasteiger partial charge in [-0.1, -0.05) is 19.9 Å². The van der Waals surface area contributed by atoms with Crippen LogP contribution in [0.1, 0.15) is 25.1 Å². The minimum Gasteiger partial charge on any atom is -0.383 e. The molecule has 1 aromatic heterocycles. The second kappa shape index (κ2) is 6.03. The van der Waals surface area contributed by atoms with E-state index in [2.05, 4.69) is 46.4 Å². The third kappa shape index (κ3) is 3.26. The Morgan fingerprint density at radius 2 is 2.00 bits per heavy atom. The second-order valence-electron chi connectivity index (χ2n) is 5.25. The lowest BCUT2D eigenvalue weighted by Gasteiger charge is -2.12. The number of anilines is 1. The predicted molar refractivity (Wildman–Crippen MR) is 87.8 cm³/mol. The van der Waals surface area contributed by atoms with Crippen molar-refractivity contribution in [3.05, 3.63) is 38.8 Å². The molecule has 106 valence electrons. The van der Waals surface area contributed by atoms with Gasteiger partial charge in [0.2, 0.25) is 0 Å². The average Bonchev–Trinajstić information content (AvgIpc) is 2.37. The van der Waals surface area contributed by atoms with Gasteiger partial charge in [0.25, 0.3) is 0 Å². The Kier molecular flexibility index (Phi) is 4.57. The Labute approximate surface area is 132 Å². The summed E-state index contributed by atoms with van der Waals surface area (Å²) in [6, 6.07) is 4.62. The van der Waals surface area contributed by atoms with E-state index in [-0.39, 0.29) is 5.82 Å². The molecule has 2 N–H and O–H groups in total. The first-order chi connectivity index (χ1) is 9.38. The zero-order valence-corrected chi connectivity index (χ0v) is 13.9. The van der Waals surface area contributed by atoms with Gasteiger partial charge < -0.3 is 5.73 Å². The molecule has 0 aliphatic heterocycles. The van der Waals surface area contributed by atoms with Crippen molar-refractivity contribution in [2.24, 2.45) is 5.92 Å². The minimum absolute atomic E-state index is 0.295. The average molecular weight is 385 g/mol. The van der Waals surface area contributed by atoms with Crippen molar-refractivity contribution in [2.45, 2.75) is 27.2 Å². The lowest BCUT2D eigenvalue weighted by molar-refractivity contribution is 0.626. The Morgan fingerprint density at radius 3 is 2.65 bits per heavy atom. The molecule has 2 rings (SSSR count). The molecule has 1 aromatic carbocycles. The van der Waals surface area contributed by atoms with E-state index < -0.39 is 0 Å². The monoisotopic (exact) mass is 385 g/mol. The summed E-state index contributed by atoms with van der Waals surface area (Å²) >= 11 is 2.17. The predicted octanol–water partition coefficient (Wildman–Crippen LogP) is 3.98. The van der Waals surface area contributed by atoms with Crippen molar-refractivity contribution in [2.75, 3.05) is 5.73 Å². The summed E-state index contributed by atoms with van der Waals surface area (Å²) in [7, 11) is 0. The normalized spacial score (nSPS) is 11.1. The highest BCUT2D eigenvalue weighted by atomic mass is 127. The number of halogens is 2. The van der Waals surface area contributed by atoms with Crippen molar-refractivity contribution in [1.29, 1.82) is 0 Å². The number of aryl methyl sites for hydroxylation is 1. The van der Waals surface area contributed by atoms with Gasteiger partial charge in [-0.05, 0) is 59.5 Å². The third-order valence-electron chi connectivity index (χ3n) is 2.99. The molecule has 0 aliphatic carbocycles. The van der Waals surface area contributed by atoms with Gasteiger partial charge in [0, 0.05) is 5.56 Å². The number of nitrogens with zero attached hydrogens (tertiary/aromatic N) is 2. The molecule has 0 radical (unpaired) electrons. The van der Waals surface area contributed by atoms with Gasteiger partial charge in [0.15, 0.2) is 5.82 Å².